The molecule has 2 aromatic heterocycles. The van der Waals surface area contributed by atoms with Crippen molar-refractivity contribution in [1.82, 2.24) is 24.4 Å². The van der Waals surface area contributed by atoms with Gasteiger partial charge in [0.25, 0.3) is 5.91 Å². The average molecular weight is 379 g/mol. The minimum Gasteiger partial charge on any atom is -0.339 e. The number of aromatic nitrogens is 4. The van der Waals surface area contributed by atoms with Gasteiger partial charge in [-0.05, 0) is 31.9 Å². The van der Waals surface area contributed by atoms with E-state index in [0.29, 0.717) is 13.1 Å². The van der Waals surface area contributed by atoms with E-state index in [9.17, 15) is 9.18 Å². The summed E-state index contributed by atoms with van der Waals surface area (Å²) in [6.45, 7) is 3.09. The number of carbonyl (C=O) groups excluding carboxylic acids is 1. The summed E-state index contributed by atoms with van der Waals surface area (Å²) in [6, 6.07) is 6.13. The van der Waals surface area contributed by atoms with Crippen molar-refractivity contribution in [3.05, 3.63) is 65.8 Å². The molecule has 28 heavy (non-hydrogen) atoms. The van der Waals surface area contributed by atoms with Crippen LogP contribution in [0, 0.1) is 12.7 Å². The van der Waals surface area contributed by atoms with Crippen molar-refractivity contribution in [2.45, 2.75) is 25.7 Å². The molecule has 0 spiro atoms. The summed E-state index contributed by atoms with van der Waals surface area (Å²) >= 11 is 0. The number of amides is 1. The molecule has 0 saturated carbocycles. The molecule has 1 amide bonds. The van der Waals surface area contributed by atoms with Crippen LogP contribution in [-0.4, -0.2) is 43.4 Å². The zero-order valence-electron chi connectivity index (χ0n) is 16.0. The number of aryl methyl sites for hydroxylation is 1. The van der Waals surface area contributed by atoms with Gasteiger partial charge in [0.2, 0.25) is 0 Å². The molecule has 4 rings (SSSR count). The lowest BCUT2D eigenvalue weighted by Crippen LogP contribution is -2.38. The van der Waals surface area contributed by atoms with Crippen LogP contribution < -0.4 is 0 Å². The number of halogens is 1. The Morgan fingerprint density at radius 2 is 1.82 bits per heavy atom. The predicted octanol–water partition coefficient (Wildman–Crippen LogP) is 3.34. The van der Waals surface area contributed by atoms with Crippen LogP contribution >= 0.6 is 0 Å². The van der Waals surface area contributed by atoms with Crippen LogP contribution in [0.5, 0.6) is 0 Å². The molecule has 0 radical (unpaired) electrons. The number of benzene rings is 1. The molecule has 1 fully saturated rings. The van der Waals surface area contributed by atoms with Gasteiger partial charge in [-0.15, -0.1) is 0 Å². The average Bonchev–Trinajstić information content (AvgIpc) is 3.06. The zero-order chi connectivity index (χ0) is 19.7. The first kappa shape index (κ1) is 18.3. The van der Waals surface area contributed by atoms with Gasteiger partial charge >= 0.3 is 0 Å². The van der Waals surface area contributed by atoms with Crippen molar-refractivity contribution in [1.29, 1.82) is 0 Å². The van der Waals surface area contributed by atoms with Crippen molar-refractivity contribution in [2.75, 3.05) is 13.1 Å². The lowest BCUT2D eigenvalue weighted by Gasteiger charge is -2.32. The fourth-order valence-corrected chi connectivity index (χ4v) is 3.73. The fourth-order valence-electron chi connectivity index (χ4n) is 3.73. The van der Waals surface area contributed by atoms with Gasteiger partial charge in [-0.1, -0.05) is 12.1 Å². The number of imidazole rings is 1. The smallest absolute Gasteiger partial charge is 0.256 e. The quantitative estimate of drug-likeness (QED) is 0.700. The normalized spacial score (nSPS) is 15.0. The van der Waals surface area contributed by atoms with Gasteiger partial charge in [0.05, 0.1) is 23.1 Å². The van der Waals surface area contributed by atoms with E-state index in [-0.39, 0.29) is 17.4 Å². The lowest BCUT2D eigenvalue weighted by atomic mass is 9.91. The summed E-state index contributed by atoms with van der Waals surface area (Å²) in [5.74, 6) is 0.385. The van der Waals surface area contributed by atoms with Crippen molar-refractivity contribution in [3.8, 4) is 11.4 Å². The summed E-state index contributed by atoms with van der Waals surface area (Å²) in [5.41, 5.74) is 2.84. The molecule has 0 atom stereocenters. The van der Waals surface area contributed by atoms with Crippen LogP contribution in [0.25, 0.3) is 11.4 Å². The Bertz CT molecular complexity index is 1010. The Morgan fingerprint density at radius 3 is 2.50 bits per heavy atom. The van der Waals surface area contributed by atoms with Crippen molar-refractivity contribution in [2.24, 2.45) is 7.05 Å². The molecule has 7 heteroatoms. The van der Waals surface area contributed by atoms with E-state index in [1.54, 1.807) is 29.4 Å². The Hall–Kier alpha value is -3.09. The second-order valence-corrected chi connectivity index (χ2v) is 7.09. The van der Waals surface area contributed by atoms with Gasteiger partial charge < -0.3 is 9.47 Å². The minimum absolute atomic E-state index is 0.131. The molecule has 0 N–H and O–H groups in total. The van der Waals surface area contributed by atoms with Crippen molar-refractivity contribution >= 4 is 5.91 Å². The van der Waals surface area contributed by atoms with Crippen LogP contribution in [0.4, 0.5) is 4.39 Å². The molecule has 1 saturated heterocycles. The highest BCUT2D eigenvalue weighted by atomic mass is 19.1. The third kappa shape index (κ3) is 3.28. The second-order valence-electron chi connectivity index (χ2n) is 7.09. The largest absolute Gasteiger partial charge is 0.339 e. The molecule has 144 valence electrons. The Labute approximate surface area is 163 Å². The third-order valence-electron chi connectivity index (χ3n) is 5.46. The van der Waals surface area contributed by atoms with Crippen molar-refractivity contribution < 1.29 is 9.18 Å². The maximum absolute atomic E-state index is 13.9. The number of carbonyl (C=O) groups is 1. The highest BCUT2D eigenvalue weighted by molar-refractivity contribution is 5.94. The molecule has 3 aromatic rings. The molecular formula is C21H22FN5O. The van der Waals surface area contributed by atoms with E-state index in [2.05, 4.69) is 15.0 Å². The van der Waals surface area contributed by atoms with Crippen LogP contribution in [0.15, 0.2) is 42.9 Å². The molecular weight excluding hydrogens is 357 g/mol. The molecule has 3 heterocycles. The predicted molar refractivity (Wildman–Crippen MR) is 103 cm³/mol. The summed E-state index contributed by atoms with van der Waals surface area (Å²) in [5, 5.41) is 0. The Kier molecular flexibility index (Phi) is 4.90. The van der Waals surface area contributed by atoms with Gasteiger partial charge in [-0.2, -0.15) is 0 Å². The maximum atomic E-state index is 13.9. The second kappa shape index (κ2) is 7.50. The molecule has 6 nitrogen and oxygen atoms in total. The first-order chi connectivity index (χ1) is 13.6. The number of piperidine rings is 1. The molecule has 0 unspecified atom stereocenters. The fraction of sp³-hybridized carbons (Fsp3) is 0.333. The number of rotatable bonds is 3. The van der Waals surface area contributed by atoms with Gasteiger partial charge in [0, 0.05) is 38.4 Å². The number of hydrogen-bond donors (Lipinski definition) is 0. The van der Waals surface area contributed by atoms with Crippen molar-refractivity contribution in [3.63, 3.8) is 0 Å². The summed E-state index contributed by atoms with van der Waals surface area (Å²) in [6.07, 6.45) is 6.75. The number of nitrogens with zero attached hydrogens (tertiary/aromatic N) is 5. The van der Waals surface area contributed by atoms with E-state index in [1.807, 2.05) is 24.7 Å². The van der Waals surface area contributed by atoms with E-state index in [1.165, 1.54) is 12.1 Å². The van der Waals surface area contributed by atoms with Crippen LogP contribution in [0.1, 0.15) is 40.6 Å². The van der Waals surface area contributed by atoms with E-state index >= 15 is 0 Å². The zero-order valence-corrected chi connectivity index (χ0v) is 16.0. The van der Waals surface area contributed by atoms with Crippen LogP contribution in [0.3, 0.4) is 0 Å². The minimum atomic E-state index is -0.475. The highest BCUT2D eigenvalue weighted by Gasteiger charge is 2.29. The van der Waals surface area contributed by atoms with Gasteiger partial charge in [0.1, 0.15) is 17.3 Å². The molecule has 1 aliphatic rings. The Balaban J connectivity index is 1.53. The number of hydrogen-bond acceptors (Lipinski definition) is 4. The maximum Gasteiger partial charge on any atom is 0.256 e. The van der Waals surface area contributed by atoms with E-state index in [0.717, 1.165) is 35.7 Å². The van der Waals surface area contributed by atoms with E-state index in [4.69, 9.17) is 0 Å². The lowest BCUT2D eigenvalue weighted by molar-refractivity contribution is 0.0707. The van der Waals surface area contributed by atoms with Gasteiger partial charge in [0.15, 0.2) is 0 Å². The van der Waals surface area contributed by atoms with Gasteiger partial charge in [-0.3, -0.25) is 14.8 Å². The van der Waals surface area contributed by atoms with E-state index < -0.39 is 5.82 Å². The molecule has 1 aromatic carbocycles. The molecule has 0 aliphatic carbocycles. The topological polar surface area (TPSA) is 63.9 Å². The summed E-state index contributed by atoms with van der Waals surface area (Å²) < 4.78 is 15.9. The Morgan fingerprint density at radius 1 is 1.11 bits per heavy atom. The number of likely N-dealkylation sites (tertiary alicyclic amines) is 1. The third-order valence-corrected chi connectivity index (χ3v) is 5.46. The molecule has 1 aliphatic heterocycles. The van der Waals surface area contributed by atoms with Crippen LogP contribution in [0.2, 0.25) is 0 Å². The van der Waals surface area contributed by atoms with Crippen LogP contribution in [-0.2, 0) is 7.05 Å². The monoisotopic (exact) mass is 379 g/mol. The molecule has 0 bridgehead atoms. The standard InChI is InChI=1S/C21H22FN5O/c1-14-25-13-18(26(14)2)20-19(23-9-10-24-20)15-7-11-27(12-8-15)21(28)16-5-3-4-6-17(16)22/h3-6,9-10,13,15H,7-8,11-12H2,1-2H3. The first-order valence-corrected chi connectivity index (χ1v) is 9.39. The SMILES string of the molecule is Cc1ncc(-c2nccnc2C2CCN(C(=O)c3ccccc3F)CC2)n1C. The summed E-state index contributed by atoms with van der Waals surface area (Å²) in [4.78, 5) is 27.9. The summed E-state index contributed by atoms with van der Waals surface area (Å²) in [7, 11) is 1.96. The van der Waals surface area contributed by atoms with Gasteiger partial charge in [-0.25, -0.2) is 9.37 Å². The highest BCUT2D eigenvalue weighted by Crippen LogP contribution is 2.33. The first-order valence-electron chi connectivity index (χ1n) is 9.39.